The van der Waals surface area contributed by atoms with E-state index in [1.807, 2.05) is 57.7 Å². The van der Waals surface area contributed by atoms with Gasteiger partial charge < -0.3 is 4.40 Å². The Morgan fingerprint density at radius 2 is 2.00 bits per heavy atom. The van der Waals surface area contributed by atoms with Gasteiger partial charge in [0.1, 0.15) is 5.65 Å². The Kier molecular flexibility index (Phi) is 3.05. The topological polar surface area (TPSA) is 47.5 Å². The summed E-state index contributed by atoms with van der Waals surface area (Å²) in [6.45, 7) is 0. The number of imidazole rings is 1. The van der Waals surface area contributed by atoms with Crippen LogP contribution in [-0.4, -0.2) is 24.0 Å². The van der Waals surface area contributed by atoms with E-state index in [1.165, 1.54) is 0 Å². The standard InChI is InChI=1S/C14H10ClN5S/c15-10-4-5-12-16-11(8-19(12)7-10)9-21-14-18-17-13-3-1-2-6-20(13)14/h1-8H,9H2. The van der Waals surface area contributed by atoms with Crippen molar-refractivity contribution in [3.63, 3.8) is 0 Å². The summed E-state index contributed by atoms with van der Waals surface area (Å²) < 4.78 is 3.90. The maximum absolute atomic E-state index is 5.98. The van der Waals surface area contributed by atoms with Crippen molar-refractivity contribution < 1.29 is 0 Å². The van der Waals surface area contributed by atoms with E-state index in [4.69, 9.17) is 11.6 Å². The molecule has 0 saturated carbocycles. The number of nitrogens with zero attached hydrogens (tertiary/aromatic N) is 5. The van der Waals surface area contributed by atoms with Gasteiger partial charge in [0.25, 0.3) is 0 Å². The Hall–Kier alpha value is -2.05. The second kappa shape index (κ2) is 5.05. The van der Waals surface area contributed by atoms with Crippen LogP contribution >= 0.6 is 23.4 Å². The summed E-state index contributed by atoms with van der Waals surface area (Å²) in [4.78, 5) is 4.56. The van der Waals surface area contributed by atoms with E-state index >= 15 is 0 Å². The SMILES string of the molecule is Clc1ccc2nc(CSc3nnc4ccccn34)cn2c1. The third-order valence-electron chi connectivity index (χ3n) is 3.10. The van der Waals surface area contributed by atoms with Crippen LogP contribution in [0.3, 0.4) is 0 Å². The maximum Gasteiger partial charge on any atom is 0.195 e. The van der Waals surface area contributed by atoms with E-state index < -0.39 is 0 Å². The Balaban J connectivity index is 1.60. The smallest absolute Gasteiger partial charge is 0.195 e. The summed E-state index contributed by atoms with van der Waals surface area (Å²) in [5, 5.41) is 9.89. The summed E-state index contributed by atoms with van der Waals surface area (Å²) in [5.41, 5.74) is 2.72. The highest BCUT2D eigenvalue weighted by Crippen LogP contribution is 2.22. The molecule has 104 valence electrons. The molecule has 0 aliphatic heterocycles. The fourth-order valence-electron chi connectivity index (χ4n) is 2.14. The van der Waals surface area contributed by atoms with Crippen molar-refractivity contribution >= 4 is 34.7 Å². The van der Waals surface area contributed by atoms with Gasteiger partial charge in [0.05, 0.1) is 10.7 Å². The molecule has 4 rings (SSSR count). The van der Waals surface area contributed by atoms with Crippen LogP contribution in [-0.2, 0) is 5.75 Å². The molecule has 0 atom stereocenters. The molecular formula is C14H10ClN5S. The average molecular weight is 316 g/mol. The van der Waals surface area contributed by atoms with Crippen molar-refractivity contribution in [2.45, 2.75) is 10.9 Å². The molecule has 0 fully saturated rings. The van der Waals surface area contributed by atoms with E-state index in [-0.39, 0.29) is 0 Å². The van der Waals surface area contributed by atoms with Crippen molar-refractivity contribution in [1.82, 2.24) is 24.0 Å². The van der Waals surface area contributed by atoms with Crippen LogP contribution in [0.5, 0.6) is 0 Å². The average Bonchev–Trinajstić information content (AvgIpc) is 3.08. The predicted octanol–water partition coefficient (Wildman–Crippen LogP) is 3.32. The predicted molar refractivity (Wildman–Crippen MR) is 82.8 cm³/mol. The van der Waals surface area contributed by atoms with E-state index in [0.717, 1.165) is 27.9 Å². The molecule has 0 unspecified atom stereocenters. The molecule has 0 bridgehead atoms. The van der Waals surface area contributed by atoms with Crippen LogP contribution in [0.4, 0.5) is 0 Å². The number of hydrogen-bond acceptors (Lipinski definition) is 4. The van der Waals surface area contributed by atoms with Crippen molar-refractivity contribution in [3.8, 4) is 0 Å². The lowest BCUT2D eigenvalue weighted by Crippen LogP contribution is -1.87. The highest BCUT2D eigenvalue weighted by molar-refractivity contribution is 7.98. The minimum atomic E-state index is 0.697. The highest BCUT2D eigenvalue weighted by Gasteiger charge is 2.08. The molecule has 0 radical (unpaired) electrons. The number of halogens is 1. The first-order chi connectivity index (χ1) is 10.3. The molecule has 0 amide bonds. The minimum absolute atomic E-state index is 0.697. The molecule has 5 nitrogen and oxygen atoms in total. The molecule has 7 heteroatoms. The summed E-state index contributed by atoms with van der Waals surface area (Å²) in [7, 11) is 0. The molecule has 0 N–H and O–H groups in total. The third kappa shape index (κ3) is 2.36. The van der Waals surface area contributed by atoms with Crippen molar-refractivity contribution in [3.05, 3.63) is 59.6 Å². The van der Waals surface area contributed by atoms with Crippen LogP contribution in [0.1, 0.15) is 5.69 Å². The third-order valence-corrected chi connectivity index (χ3v) is 4.30. The van der Waals surface area contributed by atoms with Gasteiger partial charge in [-0.05, 0) is 24.3 Å². The van der Waals surface area contributed by atoms with Gasteiger partial charge in [-0.3, -0.25) is 4.40 Å². The molecule has 0 aliphatic carbocycles. The zero-order chi connectivity index (χ0) is 14.2. The Morgan fingerprint density at radius 3 is 2.95 bits per heavy atom. The number of aromatic nitrogens is 5. The fourth-order valence-corrected chi connectivity index (χ4v) is 3.12. The number of hydrogen-bond donors (Lipinski definition) is 0. The summed E-state index contributed by atoms with van der Waals surface area (Å²) >= 11 is 7.59. The van der Waals surface area contributed by atoms with Gasteiger partial charge in [0.15, 0.2) is 10.8 Å². The van der Waals surface area contributed by atoms with Crippen LogP contribution in [0.15, 0.2) is 54.1 Å². The second-order valence-corrected chi connectivity index (χ2v) is 5.92. The molecule has 4 aromatic rings. The number of rotatable bonds is 3. The van der Waals surface area contributed by atoms with Crippen LogP contribution in [0, 0.1) is 0 Å². The van der Waals surface area contributed by atoms with Gasteiger partial charge >= 0.3 is 0 Å². The zero-order valence-electron chi connectivity index (χ0n) is 10.8. The molecule has 4 heterocycles. The Morgan fingerprint density at radius 1 is 1.05 bits per heavy atom. The number of pyridine rings is 2. The summed E-state index contributed by atoms with van der Waals surface area (Å²) in [6.07, 6.45) is 5.79. The van der Waals surface area contributed by atoms with E-state index in [9.17, 15) is 0 Å². The Labute approximate surface area is 129 Å². The lowest BCUT2D eigenvalue weighted by Gasteiger charge is -1.97. The van der Waals surface area contributed by atoms with E-state index in [1.54, 1.807) is 11.8 Å². The van der Waals surface area contributed by atoms with Crippen LogP contribution in [0.2, 0.25) is 5.02 Å². The highest BCUT2D eigenvalue weighted by atomic mass is 35.5. The summed E-state index contributed by atoms with van der Waals surface area (Å²) in [6, 6.07) is 9.59. The van der Waals surface area contributed by atoms with Crippen molar-refractivity contribution in [2.24, 2.45) is 0 Å². The van der Waals surface area contributed by atoms with Gasteiger partial charge in [-0.2, -0.15) is 0 Å². The van der Waals surface area contributed by atoms with Crippen molar-refractivity contribution in [1.29, 1.82) is 0 Å². The van der Waals surface area contributed by atoms with E-state index in [2.05, 4.69) is 15.2 Å². The van der Waals surface area contributed by atoms with Gasteiger partial charge in [-0.15, -0.1) is 10.2 Å². The number of thioether (sulfide) groups is 1. The minimum Gasteiger partial charge on any atom is -0.305 e. The zero-order valence-corrected chi connectivity index (χ0v) is 12.4. The monoisotopic (exact) mass is 315 g/mol. The fraction of sp³-hybridized carbons (Fsp3) is 0.0714. The second-order valence-electron chi connectivity index (χ2n) is 4.55. The van der Waals surface area contributed by atoms with Crippen LogP contribution in [0.25, 0.3) is 11.3 Å². The first-order valence-corrected chi connectivity index (χ1v) is 7.72. The molecular weight excluding hydrogens is 306 g/mol. The molecule has 21 heavy (non-hydrogen) atoms. The molecule has 0 aromatic carbocycles. The largest absolute Gasteiger partial charge is 0.305 e. The quantitative estimate of drug-likeness (QED) is 0.544. The van der Waals surface area contributed by atoms with Crippen LogP contribution < -0.4 is 0 Å². The first-order valence-electron chi connectivity index (χ1n) is 6.35. The molecule has 0 saturated heterocycles. The normalized spacial score (nSPS) is 11.5. The molecule has 4 aromatic heterocycles. The number of fused-ring (bicyclic) bond motifs is 2. The summed E-state index contributed by atoms with van der Waals surface area (Å²) in [5.74, 6) is 0.731. The molecule has 0 aliphatic rings. The van der Waals surface area contributed by atoms with Gasteiger partial charge in [-0.1, -0.05) is 29.4 Å². The van der Waals surface area contributed by atoms with Crippen molar-refractivity contribution in [2.75, 3.05) is 0 Å². The van der Waals surface area contributed by atoms with Gasteiger partial charge in [0.2, 0.25) is 0 Å². The maximum atomic E-state index is 5.98. The van der Waals surface area contributed by atoms with E-state index in [0.29, 0.717) is 5.02 Å². The lowest BCUT2D eigenvalue weighted by molar-refractivity contribution is 0.920. The first kappa shape index (κ1) is 12.7. The molecule has 0 spiro atoms. The lowest BCUT2D eigenvalue weighted by atomic mass is 10.5. The van der Waals surface area contributed by atoms with Gasteiger partial charge in [-0.25, -0.2) is 4.98 Å². The Bertz CT molecular complexity index is 929. The van der Waals surface area contributed by atoms with Gasteiger partial charge in [0, 0.05) is 24.3 Å².